The van der Waals surface area contributed by atoms with Crippen LogP contribution in [0, 0.1) is 0 Å². The predicted octanol–water partition coefficient (Wildman–Crippen LogP) is 2.87. The minimum atomic E-state index is -0.850. The van der Waals surface area contributed by atoms with Gasteiger partial charge in [0.2, 0.25) is 0 Å². The summed E-state index contributed by atoms with van der Waals surface area (Å²) >= 11 is 3.33. The monoisotopic (exact) mass is 431 g/mol. The smallest absolute Gasteiger partial charge is 0.295 e. The molecule has 140 valence electrons. The maximum Gasteiger partial charge on any atom is 0.295 e. The van der Waals surface area contributed by atoms with Crippen LogP contribution in [0.1, 0.15) is 17.2 Å². The second-order valence-electron chi connectivity index (χ2n) is 5.96. The highest BCUT2D eigenvalue weighted by Crippen LogP contribution is 2.42. The first-order chi connectivity index (χ1) is 13.0. The Kier molecular flexibility index (Phi) is 5.62. The molecule has 0 bridgehead atoms. The Morgan fingerprint density at radius 1 is 1.15 bits per heavy atom. The fraction of sp³-hybridized carbons (Fsp3) is 0.200. The lowest BCUT2D eigenvalue weighted by atomic mass is 9.94. The largest absolute Gasteiger partial charge is 0.507 e. The topological polar surface area (TPSA) is 87.1 Å². The van der Waals surface area contributed by atoms with Crippen molar-refractivity contribution < 1.29 is 24.5 Å². The number of Topliss-reactive ketones (excluding diaryl/α,β-unsaturated/α-hetero) is 1. The third-order valence-corrected chi connectivity index (χ3v) is 4.96. The number of aliphatic hydroxyl groups is 2. The van der Waals surface area contributed by atoms with Crippen LogP contribution in [0.4, 0.5) is 0 Å². The fourth-order valence-electron chi connectivity index (χ4n) is 3.20. The minimum absolute atomic E-state index is 0.0275. The second-order valence-corrected chi connectivity index (χ2v) is 6.88. The second kappa shape index (κ2) is 7.94. The van der Waals surface area contributed by atoms with Gasteiger partial charge in [-0.2, -0.15) is 0 Å². The van der Waals surface area contributed by atoms with Crippen molar-refractivity contribution in [3.8, 4) is 5.75 Å². The molecule has 1 fully saturated rings. The number of ketones is 1. The van der Waals surface area contributed by atoms with Gasteiger partial charge in [0.05, 0.1) is 25.3 Å². The number of amides is 1. The Labute approximate surface area is 164 Å². The lowest BCUT2D eigenvalue weighted by molar-refractivity contribution is -0.140. The number of rotatable bonds is 5. The summed E-state index contributed by atoms with van der Waals surface area (Å²) in [5.41, 5.74) is 0.951. The maximum absolute atomic E-state index is 12.7. The van der Waals surface area contributed by atoms with Gasteiger partial charge >= 0.3 is 0 Å². The summed E-state index contributed by atoms with van der Waals surface area (Å²) in [5.74, 6) is -1.34. The summed E-state index contributed by atoms with van der Waals surface area (Å²) in [4.78, 5) is 26.5. The Morgan fingerprint density at radius 3 is 2.44 bits per heavy atom. The molecule has 0 spiro atoms. The quantitative estimate of drug-likeness (QED) is 0.431. The van der Waals surface area contributed by atoms with Gasteiger partial charge in [0, 0.05) is 22.1 Å². The number of aliphatic hydroxyl groups excluding tert-OH is 2. The van der Waals surface area contributed by atoms with E-state index in [-0.39, 0.29) is 24.5 Å². The van der Waals surface area contributed by atoms with E-state index < -0.39 is 17.7 Å². The van der Waals surface area contributed by atoms with Crippen molar-refractivity contribution in [2.75, 3.05) is 20.3 Å². The molecule has 0 aliphatic carbocycles. The molecule has 1 saturated heterocycles. The first-order valence-corrected chi connectivity index (χ1v) is 9.07. The molecular weight excluding hydrogens is 414 g/mol. The maximum atomic E-state index is 12.7. The van der Waals surface area contributed by atoms with E-state index in [0.29, 0.717) is 16.9 Å². The molecule has 1 amide bonds. The van der Waals surface area contributed by atoms with Gasteiger partial charge < -0.3 is 19.8 Å². The summed E-state index contributed by atoms with van der Waals surface area (Å²) in [5, 5.41) is 20.2. The lowest BCUT2D eigenvalue weighted by Gasteiger charge is -2.25. The predicted molar refractivity (Wildman–Crippen MR) is 103 cm³/mol. The molecule has 0 aromatic heterocycles. The normalized spacial score (nSPS) is 18.8. The van der Waals surface area contributed by atoms with E-state index in [1.54, 1.807) is 48.5 Å². The number of para-hydroxylation sites is 1. The number of nitrogens with zero attached hydrogens (tertiary/aromatic N) is 1. The number of likely N-dealkylation sites (tertiary alicyclic amines) is 1. The van der Waals surface area contributed by atoms with Crippen LogP contribution in [0.15, 0.2) is 58.6 Å². The van der Waals surface area contributed by atoms with Gasteiger partial charge in [-0.1, -0.05) is 46.3 Å². The van der Waals surface area contributed by atoms with Crippen molar-refractivity contribution >= 4 is 33.4 Å². The Hall–Kier alpha value is -2.64. The van der Waals surface area contributed by atoms with Gasteiger partial charge in [0.25, 0.3) is 11.7 Å². The van der Waals surface area contributed by atoms with Gasteiger partial charge in [0.1, 0.15) is 11.5 Å². The van der Waals surface area contributed by atoms with Gasteiger partial charge in [-0.05, 0) is 18.2 Å². The molecule has 27 heavy (non-hydrogen) atoms. The van der Waals surface area contributed by atoms with Crippen molar-refractivity contribution in [1.29, 1.82) is 0 Å². The Morgan fingerprint density at radius 2 is 1.81 bits per heavy atom. The summed E-state index contributed by atoms with van der Waals surface area (Å²) < 4.78 is 6.20. The number of hydrogen-bond donors (Lipinski definition) is 2. The molecule has 1 aliphatic heterocycles. The van der Waals surface area contributed by atoms with Crippen LogP contribution in [0.25, 0.3) is 5.76 Å². The van der Waals surface area contributed by atoms with Crippen LogP contribution in [0.5, 0.6) is 5.75 Å². The highest BCUT2D eigenvalue weighted by molar-refractivity contribution is 9.10. The van der Waals surface area contributed by atoms with Crippen LogP contribution >= 0.6 is 15.9 Å². The molecule has 6 nitrogen and oxygen atoms in total. The van der Waals surface area contributed by atoms with E-state index in [0.717, 1.165) is 4.47 Å². The number of β-amino-alcohol motifs (C(OH)–C–C–N with tert-alkyl or cyclic N) is 1. The van der Waals surface area contributed by atoms with Crippen molar-refractivity contribution in [2.45, 2.75) is 6.04 Å². The van der Waals surface area contributed by atoms with Crippen LogP contribution in [-0.4, -0.2) is 47.1 Å². The Balaban J connectivity index is 2.22. The standard InChI is InChI=1S/C20H18BrNO5/c1-27-15-5-3-2-4-14(15)17-16(19(25)20(26)22(17)10-11-23)18(24)12-6-8-13(21)9-7-12/h2-9,17,23-24H,10-11H2,1H3/b18-16-. The number of carbonyl (C=O) groups excluding carboxylic acids is 2. The van der Waals surface area contributed by atoms with E-state index >= 15 is 0 Å². The zero-order valence-electron chi connectivity index (χ0n) is 14.6. The third-order valence-electron chi connectivity index (χ3n) is 4.43. The van der Waals surface area contributed by atoms with Crippen molar-refractivity contribution in [1.82, 2.24) is 4.90 Å². The van der Waals surface area contributed by atoms with E-state index in [2.05, 4.69) is 15.9 Å². The summed E-state index contributed by atoms with van der Waals surface area (Å²) in [6, 6.07) is 12.9. The summed E-state index contributed by atoms with van der Waals surface area (Å²) in [6.45, 7) is -0.346. The molecule has 1 heterocycles. The minimum Gasteiger partial charge on any atom is -0.507 e. The van der Waals surface area contributed by atoms with E-state index in [1.807, 2.05) is 0 Å². The van der Waals surface area contributed by atoms with Crippen LogP contribution in [0.2, 0.25) is 0 Å². The number of carbonyl (C=O) groups is 2. The number of methoxy groups -OCH3 is 1. The lowest BCUT2D eigenvalue weighted by Crippen LogP contribution is -2.32. The van der Waals surface area contributed by atoms with Crippen LogP contribution < -0.4 is 4.74 Å². The molecule has 1 unspecified atom stereocenters. The molecule has 2 N–H and O–H groups in total. The fourth-order valence-corrected chi connectivity index (χ4v) is 3.46. The first-order valence-electron chi connectivity index (χ1n) is 8.27. The van der Waals surface area contributed by atoms with Crippen molar-refractivity contribution in [3.05, 3.63) is 69.7 Å². The summed E-state index contributed by atoms with van der Waals surface area (Å²) in [6.07, 6.45) is 0. The highest BCUT2D eigenvalue weighted by atomic mass is 79.9. The Bertz CT molecular complexity index is 907. The zero-order valence-corrected chi connectivity index (χ0v) is 16.1. The van der Waals surface area contributed by atoms with Crippen molar-refractivity contribution in [2.24, 2.45) is 0 Å². The van der Waals surface area contributed by atoms with Crippen LogP contribution in [0.3, 0.4) is 0 Å². The SMILES string of the molecule is COc1ccccc1C1/C(=C(/O)c2ccc(Br)cc2)C(=O)C(=O)N1CCO. The van der Waals surface area contributed by atoms with Crippen molar-refractivity contribution in [3.63, 3.8) is 0 Å². The molecule has 2 aromatic rings. The van der Waals surface area contributed by atoms with Gasteiger partial charge in [0.15, 0.2) is 0 Å². The van der Waals surface area contributed by atoms with Gasteiger partial charge in [-0.3, -0.25) is 9.59 Å². The molecule has 7 heteroatoms. The average Bonchev–Trinajstić information content (AvgIpc) is 2.93. The number of benzene rings is 2. The van der Waals surface area contributed by atoms with E-state index in [9.17, 15) is 19.8 Å². The molecule has 1 aliphatic rings. The molecule has 3 rings (SSSR count). The highest BCUT2D eigenvalue weighted by Gasteiger charge is 2.46. The number of hydrogen-bond acceptors (Lipinski definition) is 5. The third kappa shape index (κ3) is 3.48. The van der Waals surface area contributed by atoms with Gasteiger partial charge in [-0.15, -0.1) is 0 Å². The average molecular weight is 432 g/mol. The van der Waals surface area contributed by atoms with Crippen LogP contribution in [-0.2, 0) is 9.59 Å². The summed E-state index contributed by atoms with van der Waals surface area (Å²) in [7, 11) is 1.49. The molecular formula is C20H18BrNO5. The molecule has 1 atom stereocenters. The molecule has 0 saturated carbocycles. The molecule has 0 radical (unpaired) electrons. The first kappa shape index (κ1) is 19.1. The number of ether oxygens (including phenoxy) is 1. The zero-order chi connectivity index (χ0) is 19.6. The van der Waals surface area contributed by atoms with E-state index in [1.165, 1.54) is 12.0 Å². The number of halogens is 1. The van der Waals surface area contributed by atoms with Gasteiger partial charge in [-0.25, -0.2) is 0 Å². The molecule has 2 aromatic carbocycles. The van der Waals surface area contributed by atoms with E-state index in [4.69, 9.17) is 4.74 Å².